The van der Waals surface area contributed by atoms with E-state index in [9.17, 15) is 14.5 Å². The summed E-state index contributed by atoms with van der Waals surface area (Å²) in [6.45, 7) is 0. The van der Waals surface area contributed by atoms with Crippen molar-refractivity contribution in [2.45, 2.75) is 0 Å². The van der Waals surface area contributed by atoms with Gasteiger partial charge < -0.3 is 4.70 Å². The van der Waals surface area contributed by atoms with Gasteiger partial charge in [0.05, 0.1) is 28.4 Å². The fourth-order valence-electron chi connectivity index (χ4n) is 4.94. The zero-order valence-electron chi connectivity index (χ0n) is 23.2. The number of nitro groups is 1. The third-order valence-corrected chi connectivity index (χ3v) is 7.06. The van der Waals surface area contributed by atoms with Crippen LogP contribution < -0.4 is 56.1 Å². The van der Waals surface area contributed by atoms with E-state index in [1.807, 2.05) is 57.9 Å². The van der Waals surface area contributed by atoms with E-state index < -0.39 is 4.92 Å². The third-order valence-electron chi connectivity index (χ3n) is 7.06. The number of fused-ring (bicyclic) bond motifs is 4. The van der Waals surface area contributed by atoms with Crippen molar-refractivity contribution in [3.05, 3.63) is 138 Å². The summed E-state index contributed by atoms with van der Waals surface area (Å²) in [5.74, 6) is 1.22. The van der Waals surface area contributed by atoms with Gasteiger partial charge in [-0.2, -0.15) is 0 Å². The standard InChI is InChI=1S/C16H10FN3.C16H10N4O2.FH.K/c17-14-2-1-12-9-19-16(8-13(12)7-14)20-6-4-11-3-5-18-10-15(11)20;21-20(22)14-2-1-12-9-18-16(8-13(12)7-14)19-6-4-11-3-5-17-10-15(11)19;;/h1-10H;1-10H;1H;/q;;;+1/p-1/i;;1-1;. The molecule has 0 N–H and O–H groups in total. The molecule has 0 bridgehead atoms. The molecule has 0 radical (unpaired) electrons. The van der Waals surface area contributed by atoms with E-state index in [2.05, 4.69) is 19.9 Å². The maximum Gasteiger partial charge on any atom is 1.00 e. The number of halogens is 2. The van der Waals surface area contributed by atoms with Crippen LogP contribution in [0.3, 0.4) is 0 Å². The molecule has 6 aromatic heterocycles. The summed E-state index contributed by atoms with van der Waals surface area (Å²) in [7, 11) is 0. The third kappa shape index (κ3) is 5.98. The van der Waals surface area contributed by atoms with E-state index in [0.29, 0.717) is 5.82 Å². The van der Waals surface area contributed by atoms with Crippen LogP contribution in [0.4, 0.5) is 10.1 Å². The molecule has 0 aliphatic carbocycles. The fourth-order valence-corrected chi connectivity index (χ4v) is 4.94. The molecule has 2 aromatic carbocycles. The molecule has 0 aliphatic rings. The monoisotopic (exact) mass is 610 g/mol. The van der Waals surface area contributed by atoms with Crippen molar-refractivity contribution in [1.82, 2.24) is 29.1 Å². The Kier molecular flexibility index (Phi) is 9.18. The van der Waals surface area contributed by atoms with E-state index in [1.165, 1.54) is 18.2 Å². The van der Waals surface area contributed by atoms with Crippen LogP contribution in [-0.4, -0.2) is 34.0 Å². The average Bonchev–Trinajstić information content (AvgIpc) is 3.65. The Hall–Kier alpha value is -4.46. The second-order valence-corrected chi connectivity index (χ2v) is 9.61. The number of non-ortho nitro benzene ring substituents is 1. The van der Waals surface area contributed by atoms with Gasteiger partial charge in [0.1, 0.15) is 17.5 Å². The van der Waals surface area contributed by atoms with Gasteiger partial charge in [0.15, 0.2) is 0 Å². The summed E-state index contributed by atoms with van der Waals surface area (Å²) in [6, 6.07) is 21.0. The normalized spacial score (nSPS) is 10.7. The molecule has 0 amide bonds. The number of hydrogen-bond acceptors (Lipinski definition) is 6. The van der Waals surface area contributed by atoms with Crippen molar-refractivity contribution >= 4 is 49.0 Å². The molecule has 12 heteroatoms. The molecule has 0 aliphatic heterocycles. The van der Waals surface area contributed by atoms with Gasteiger partial charge in [0, 0.05) is 70.9 Å². The minimum atomic E-state index is -0.394. The molecule has 6 heterocycles. The topological polar surface area (TPSA) is 105 Å². The molecule has 44 heavy (non-hydrogen) atoms. The molecule has 9 nitrogen and oxygen atoms in total. The molecule has 0 atom stereocenters. The summed E-state index contributed by atoms with van der Waals surface area (Å²) in [5.41, 5.74) is 2.00. The van der Waals surface area contributed by atoms with Crippen LogP contribution in [0, 0.1) is 15.9 Å². The molecular formula is C32H20F2KN7O2. The SMILES string of the molecule is Fc1ccc2cnc(-n3ccc4ccncc43)cc2c1.O=[N+]([O-])c1ccc2cnc(-n3ccc4ccncc43)cc2c1.[18F-].[K+]. The minimum absolute atomic E-state index is 0. The Morgan fingerprint density at radius 3 is 1.68 bits per heavy atom. The van der Waals surface area contributed by atoms with Crippen molar-refractivity contribution < 1.29 is 65.4 Å². The van der Waals surface area contributed by atoms with E-state index in [1.54, 1.807) is 55.4 Å². The first-order valence-corrected chi connectivity index (χ1v) is 13.0. The van der Waals surface area contributed by atoms with Gasteiger partial charge in [-0.3, -0.25) is 29.2 Å². The first kappa shape index (κ1) is 31.0. The first-order valence-electron chi connectivity index (χ1n) is 13.0. The number of nitrogens with zero attached hydrogens (tertiary/aromatic N) is 7. The zero-order valence-corrected chi connectivity index (χ0v) is 26.4. The van der Waals surface area contributed by atoms with Gasteiger partial charge in [-0.25, -0.2) is 14.4 Å². The molecule has 0 fully saturated rings. The summed E-state index contributed by atoms with van der Waals surface area (Å²) >= 11 is 0. The number of rotatable bonds is 3. The van der Waals surface area contributed by atoms with Crippen molar-refractivity contribution in [3.63, 3.8) is 0 Å². The Balaban J connectivity index is 0.000000168. The number of nitro benzene ring substituents is 1. The Morgan fingerprint density at radius 2 is 1.14 bits per heavy atom. The van der Waals surface area contributed by atoms with Crippen LogP contribution in [0.25, 0.3) is 55.0 Å². The Labute approximate surface area is 291 Å². The molecule has 0 saturated heterocycles. The van der Waals surface area contributed by atoms with Crippen LogP contribution in [0.1, 0.15) is 0 Å². The number of hydrogen-bond donors (Lipinski definition) is 0. The van der Waals surface area contributed by atoms with Gasteiger partial charge in [0.25, 0.3) is 5.69 Å². The van der Waals surface area contributed by atoms with Gasteiger partial charge in [-0.15, -0.1) is 0 Å². The average molecular weight is 611 g/mol. The minimum Gasteiger partial charge on any atom is -1.00 e. The summed E-state index contributed by atoms with van der Waals surface area (Å²) in [4.78, 5) is 27.7. The summed E-state index contributed by atoms with van der Waals surface area (Å²) < 4.78 is 17.2. The largest absolute Gasteiger partial charge is 1.00 e. The molecule has 8 aromatic rings. The van der Waals surface area contributed by atoms with Crippen molar-refractivity contribution in [3.8, 4) is 11.6 Å². The van der Waals surface area contributed by atoms with E-state index in [4.69, 9.17) is 0 Å². The van der Waals surface area contributed by atoms with Crippen molar-refractivity contribution in [2.75, 3.05) is 0 Å². The van der Waals surface area contributed by atoms with Gasteiger partial charge in [-0.1, -0.05) is 0 Å². The van der Waals surface area contributed by atoms with E-state index >= 15 is 0 Å². The maximum atomic E-state index is 13.3. The first-order chi connectivity index (χ1) is 20.5. The van der Waals surface area contributed by atoms with Gasteiger partial charge in [0.2, 0.25) is 0 Å². The van der Waals surface area contributed by atoms with E-state index in [0.717, 1.165) is 49.2 Å². The maximum absolute atomic E-state index is 13.3. The van der Waals surface area contributed by atoms with Crippen LogP contribution in [0.15, 0.2) is 122 Å². The molecule has 0 spiro atoms. The smallest absolute Gasteiger partial charge is 1.00 e. The predicted molar refractivity (Wildman–Crippen MR) is 159 cm³/mol. The summed E-state index contributed by atoms with van der Waals surface area (Å²) in [5, 5.41) is 16.5. The number of pyridine rings is 4. The van der Waals surface area contributed by atoms with Crippen LogP contribution in [-0.2, 0) is 0 Å². The van der Waals surface area contributed by atoms with Crippen molar-refractivity contribution in [2.24, 2.45) is 0 Å². The quantitative estimate of drug-likeness (QED) is 0.169. The molecule has 0 saturated carbocycles. The fraction of sp³-hybridized carbons (Fsp3) is 0. The number of benzene rings is 2. The van der Waals surface area contributed by atoms with Crippen LogP contribution in [0.2, 0.25) is 0 Å². The van der Waals surface area contributed by atoms with Gasteiger partial charge >= 0.3 is 51.4 Å². The second kappa shape index (κ2) is 13.0. The Bertz CT molecular complexity index is 2290. The Morgan fingerprint density at radius 1 is 0.614 bits per heavy atom. The van der Waals surface area contributed by atoms with Crippen LogP contribution in [0.5, 0.6) is 0 Å². The van der Waals surface area contributed by atoms with Crippen LogP contribution >= 0.6 is 0 Å². The number of aromatic nitrogens is 6. The molecule has 8 rings (SSSR count). The zero-order chi connectivity index (χ0) is 28.6. The molecule has 210 valence electrons. The predicted octanol–water partition coefficient (Wildman–Crippen LogP) is 1.20. The second-order valence-electron chi connectivity index (χ2n) is 9.61. The van der Waals surface area contributed by atoms with E-state index in [-0.39, 0.29) is 67.6 Å². The van der Waals surface area contributed by atoms with Crippen molar-refractivity contribution in [1.29, 1.82) is 0 Å². The van der Waals surface area contributed by atoms with Gasteiger partial charge in [-0.05, 0) is 71.4 Å². The summed E-state index contributed by atoms with van der Waals surface area (Å²) in [6.07, 6.45) is 14.4. The molecule has 0 unspecified atom stereocenters. The molecular weight excluding hydrogens is 590 g/mol.